The lowest BCUT2D eigenvalue weighted by Crippen LogP contribution is -2.32. The number of nitrogens with one attached hydrogen (secondary N) is 3. The summed E-state index contributed by atoms with van der Waals surface area (Å²) in [5.74, 6) is -0.385. The van der Waals surface area contributed by atoms with E-state index in [1.807, 2.05) is 6.92 Å². The molecule has 38 heavy (non-hydrogen) atoms. The van der Waals surface area contributed by atoms with Crippen molar-refractivity contribution in [3.8, 4) is 17.2 Å². The van der Waals surface area contributed by atoms with Crippen molar-refractivity contribution in [2.75, 3.05) is 30.5 Å². The molecule has 196 valence electrons. The number of rotatable bonds is 12. The van der Waals surface area contributed by atoms with E-state index in [2.05, 4.69) is 27.7 Å². The maximum atomic E-state index is 12.2. The van der Waals surface area contributed by atoms with Crippen LogP contribution in [-0.4, -0.2) is 43.8 Å². The highest BCUT2D eigenvalue weighted by Gasteiger charge is 2.13. The second-order valence-corrected chi connectivity index (χ2v) is 7.64. The predicted molar refractivity (Wildman–Crippen MR) is 145 cm³/mol. The maximum absolute atomic E-state index is 12.2. The lowest BCUT2D eigenvalue weighted by atomic mass is 10.2. The number of amides is 3. The predicted octanol–water partition coefficient (Wildman–Crippen LogP) is 3.76. The minimum absolute atomic E-state index is 0.202. The first kappa shape index (κ1) is 27.5. The summed E-state index contributed by atoms with van der Waals surface area (Å²) >= 11 is 0. The van der Waals surface area contributed by atoms with Crippen molar-refractivity contribution in [2.45, 2.75) is 6.92 Å². The van der Waals surface area contributed by atoms with Crippen molar-refractivity contribution in [3.05, 3.63) is 91.0 Å². The average Bonchev–Trinajstić information content (AvgIpc) is 2.93. The van der Waals surface area contributed by atoms with Gasteiger partial charge in [0.2, 0.25) is 0 Å². The highest BCUT2D eigenvalue weighted by molar-refractivity contribution is 6.39. The first-order chi connectivity index (χ1) is 18.5. The maximum Gasteiger partial charge on any atom is 0.329 e. The minimum Gasteiger partial charge on any atom is -0.494 e. The van der Waals surface area contributed by atoms with Gasteiger partial charge in [-0.3, -0.25) is 14.4 Å². The van der Waals surface area contributed by atoms with Gasteiger partial charge in [0, 0.05) is 11.4 Å². The van der Waals surface area contributed by atoms with Gasteiger partial charge in [-0.2, -0.15) is 5.10 Å². The molecule has 0 atom stereocenters. The van der Waals surface area contributed by atoms with Gasteiger partial charge in [-0.05, 0) is 73.2 Å². The fraction of sp³-hybridized carbons (Fsp3) is 0.143. The summed E-state index contributed by atoms with van der Waals surface area (Å²) in [6.07, 6.45) is 2.97. The van der Waals surface area contributed by atoms with Gasteiger partial charge >= 0.3 is 11.8 Å². The molecule has 3 rings (SSSR count). The third-order valence-corrected chi connectivity index (χ3v) is 4.74. The van der Waals surface area contributed by atoms with Crippen LogP contribution in [0.3, 0.4) is 0 Å². The fourth-order valence-electron chi connectivity index (χ4n) is 3.03. The van der Waals surface area contributed by atoms with E-state index < -0.39 is 11.8 Å². The molecule has 0 aromatic heterocycles. The average molecular weight is 517 g/mol. The number of hydrazone groups is 1. The zero-order valence-electron chi connectivity index (χ0n) is 20.8. The van der Waals surface area contributed by atoms with Gasteiger partial charge in [0.25, 0.3) is 5.91 Å². The van der Waals surface area contributed by atoms with Crippen LogP contribution in [0.1, 0.15) is 12.5 Å². The number of ether oxygens (including phenoxy) is 3. The van der Waals surface area contributed by atoms with Crippen molar-refractivity contribution >= 4 is 35.3 Å². The van der Waals surface area contributed by atoms with Gasteiger partial charge < -0.3 is 24.8 Å². The lowest BCUT2D eigenvalue weighted by Gasteiger charge is -2.09. The van der Waals surface area contributed by atoms with Crippen LogP contribution in [0.15, 0.2) is 90.6 Å². The minimum atomic E-state index is -0.938. The van der Waals surface area contributed by atoms with E-state index in [9.17, 15) is 14.4 Å². The molecule has 3 N–H and O–H groups in total. The van der Waals surface area contributed by atoms with E-state index in [4.69, 9.17) is 14.2 Å². The fourth-order valence-corrected chi connectivity index (χ4v) is 3.03. The van der Waals surface area contributed by atoms with E-state index in [0.717, 1.165) is 5.75 Å². The van der Waals surface area contributed by atoms with E-state index in [1.165, 1.54) is 6.21 Å². The van der Waals surface area contributed by atoms with Crippen molar-refractivity contribution in [3.63, 3.8) is 0 Å². The molecule has 0 saturated carbocycles. The van der Waals surface area contributed by atoms with Crippen molar-refractivity contribution in [1.29, 1.82) is 0 Å². The Morgan fingerprint density at radius 3 is 2.13 bits per heavy atom. The summed E-state index contributed by atoms with van der Waals surface area (Å²) in [6.45, 7) is 6.19. The Morgan fingerprint density at radius 2 is 1.47 bits per heavy atom. The molecule has 3 amide bonds. The first-order valence-electron chi connectivity index (χ1n) is 11.7. The van der Waals surface area contributed by atoms with Gasteiger partial charge in [0.05, 0.1) is 12.8 Å². The molecule has 0 bridgehead atoms. The Bertz CT molecular complexity index is 1270. The first-order valence-corrected chi connectivity index (χ1v) is 11.7. The topological polar surface area (TPSA) is 127 Å². The molecule has 0 radical (unpaired) electrons. The molecule has 0 aliphatic rings. The third-order valence-electron chi connectivity index (χ3n) is 4.74. The third kappa shape index (κ3) is 9.15. The van der Waals surface area contributed by atoms with Crippen LogP contribution < -0.4 is 30.3 Å². The van der Waals surface area contributed by atoms with E-state index in [0.29, 0.717) is 41.7 Å². The number of hydrogen-bond acceptors (Lipinski definition) is 7. The second kappa shape index (κ2) is 14.4. The molecule has 10 nitrogen and oxygen atoms in total. The summed E-state index contributed by atoms with van der Waals surface area (Å²) in [7, 11) is 0. The normalized spacial score (nSPS) is 10.3. The molecular formula is C28H28N4O6. The molecule has 0 unspecified atom stereocenters. The second-order valence-electron chi connectivity index (χ2n) is 7.64. The van der Waals surface area contributed by atoms with E-state index in [1.54, 1.807) is 78.9 Å². The van der Waals surface area contributed by atoms with Crippen LogP contribution in [0.2, 0.25) is 0 Å². The van der Waals surface area contributed by atoms with Gasteiger partial charge in [0.1, 0.15) is 23.9 Å². The van der Waals surface area contributed by atoms with Crippen LogP contribution in [0.5, 0.6) is 17.2 Å². The molecule has 0 heterocycles. The van der Waals surface area contributed by atoms with Crippen molar-refractivity contribution in [1.82, 2.24) is 5.43 Å². The highest BCUT2D eigenvalue weighted by Crippen LogP contribution is 2.17. The lowest BCUT2D eigenvalue weighted by molar-refractivity contribution is -0.136. The number of carbonyl (C=O) groups excluding carboxylic acids is 3. The van der Waals surface area contributed by atoms with Crippen LogP contribution in [0, 0.1) is 0 Å². The Kier molecular flexibility index (Phi) is 10.4. The van der Waals surface area contributed by atoms with Crippen LogP contribution >= 0.6 is 0 Å². The number of nitrogens with zero attached hydrogens (tertiary/aromatic N) is 1. The summed E-state index contributed by atoms with van der Waals surface area (Å²) in [6, 6.07) is 20.3. The molecule has 0 spiro atoms. The van der Waals surface area contributed by atoms with Crippen molar-refractivity contribution < 1.29 is 28.6 Å². The molecular weight excluding hydrogens is 488 g/mol. The largest absolute Gasteiger partial charge is 0.494 e. The van der Waals surface area contributed by atoms with Gasteiger partial charge in [-0.25, -0.2) is 5.43 Å². The van der Waals surface area contributed by atoms with Crippen molar-refractivity contribution in [2.24, 2.45) is 5.10 Å². The molecule has 3 aromatic carbocycles. The zero-order chi connectivity index (χ0) is 27.2. The summed E-state index contributed by atoms with van der Waals surface area (Å²) in [5, 5.41) is 9.02. The van der Waals surface area contributed by atoms with Gasteiger partial charge in [-0.1, -0.05) is 24.8 Å². The Morgan fingerprint density at radius 1 is 0.816 bits per heavy atom. The van der Waals surface area contributed by atoms with E-state index >= 15 is 0 Å². The number of benzene rings is 3. The van der Waals surface area contributed by atoms with E-state index in [-0.39, 0.29) is 12.5 Å². The summed E-state index contributed by atoms with van der Waals surface area (Å²) in [5.41, 5.74) is 3.81. The summed E-state index contributed by atoms with van der Waals surface area (Å²) < 4.78 is 16.3. The summed E-state index contributed by atoms with van der Waals surface area (Å²) in [4.78, 5) is 36.3. The van der Waals surface area contributed by atoms with Crippen LogP contribution in [-0.2, 0) is 14.4 Å². The number of hydrogen-bond donors (Lipinski definition) is 3. The number of anilines is 2. The highest BCUT2D eigenvalue weighted by atomic mass is 16.5. The standard InChI is InChI=1S/C28H28N4O6/c1-3-16-37-24-14-10-22(11-15-24)31-27(34)28(35)32-29-18-20-6-5-7-25(17-20)38-19-26(33)30-21-8-12-23(13-9-21)36-4-2/h3,5-15,17-18H,1,4,16,19H2,2H3,(H,30,33)(H,31,34)(H,32,35)/b29-18-. The van der Waals surface area contributed by atoms with Gasteiger partial charge in [-0.15, -0.1) is 0 Å². The zero-order valence-corrected chi connectivity index (χ0v) is 20.8. The molecule has 0 aliphatic heterocycles. The smallest absolute Gasteiger partial charge is 0.329 e. The van der Waals surface area contributed by atoms with Crippen LogP contribution in [0.4, 0.5) is 11.4 Å². The molecule has 0 aliphatic carbocycles. The van der Waals surface area contributed by atoms with Gasteiger partial charge in [0.15, 0.2) is 6.61 Å². The SMILES string of the molecule is C=CCOc1ccc(NC(=O)C(=O)N/N=C\c2cccc(OCC(=O)Nc3ccc(OCC)cc3)c2)cc1. The van der Waals surface area contributed by atoms with Crippen LogP contribution in [0.25, 0.3) is 0 Å². The molecule has 3 aromatic rings. The molecule has 10 heteroatoms. The Hall–Kier alpha value is -5.12. The Balaban J connectivity index is 1.44. The molecule has 0 fully saturated rings. The number of carbonyl (C=O) groups is 3. The quantitative estimate of drug-likeness (QED) is 0.146. The Labute approximate surface area is 220 Å². The monoisotopic (exact) mass is 516 g/mol. The molecule has 0 saturated heterocycles.